The summed E-state index contributed by atoms with van der Waals surface area (Å²) in [5, 5.41) is 0. The van der Waals surface area contributed by atoms with E-state index in [1.165, 1.54) is 31.4 Å². The van der Waals surface area contributed by atoms with Crippen LogP contribution >= 0.6 is 0 Å². The van der Waals surface area contributed by atoms with Gasteiger partial charge in [0.05, 0.1) is 19.6 Å². The number of hydrogen-bond donors (Lipinski definition) is 0. The van der Waals surface area contributed by atoms with Crippen LogP contribution in [0.25, 0.3) is 0 Å². The minimum atomic E-state index is -5.59. The minimum absolute atomic E-state index is 0.229. The molecular weight excluding hydrogens is 271 g/mol. The third kappa shape index (κ3) is 3.79. The Hall–Kier alpha value is -1.37. The molecule has 19 heavy (non-hydrogen) atoms. The molecule has 0 aliphatic heterocycles. The maximum atomic E-state index is 13.0. The van der Waals surface area contributed by atoms with Crippen LogP contribution in [-0.2, 0) is 4.74 Å². The van der Waals surface area contributed by atoms with E-state index >= 15 is 0 Å². The normalized spacial score (nSPS) is 14.3. The molecule has 0 bridgehead atoms. The molecule has 1 aromatic carbocycles. The molecule has 2 nitrogen and oxygen atoms in total. The van der Waals surface area contributed by atoms with Gasteiger partial charge in [-0.05, 0) is 17.7 Å². The largest absolute Gasteiger partial charge is 0.497 e. The second kappa shape index (κ2) is 5.73. The van der Waals surface area contributed by atoms with Gasteiger partial charge in [0.15, 0.2) is 0 Å². The Balaban J connectivity index is 2.89. The number of methoxy groups -OCH3 is 2. The quantitative estimate of drug-likeness (QED) is 0.762. The predicted octanol–water partition coefficient (Wildman–Crippen LogP) is 3.97. The van der Waals surface area contributed by atoms with Gasteiger partial charge < -0.3 is 9.47 Å². The van der Waals surface area contributed by atoms with Crippen LogP contribution in [-0.4, -0.2) is 26.3 Å². The lowest BCUT2D eigenvalue weighted by molar-refractivity contribution is -0.291. The summed E-state index contributed by atoms with van der Waals surface area (Å²) in [6.45, 7) is 0. The monoisotopic (exact) mass is 284 g/mol. The second-order valence-electron chi connectivity index (χ2n) is 3.90. The molecule has 1 aromatic rings. The number of hydrogen-bond acceptors (Lipinski definition) is 2. The summed E-state index contributed by atoms with van der Waals surface area (Å²) in [5.41, 5.74) is 0.229. The van der Waals surface area contributed by atoms with Gasteiger partial charge in [-0.15, -0.1) is 0 Å². The molecule has 1 atom stereocenters. The van der Waals surface area contributed by atoms with Crippen molar-refractivity contribution in [2.24, 2.45) is 0 Å². The first-order valence-corrected chi connectivity index (χ1v) is 5.32. The maximum Gasteiger partial charge on any atom is 0.453 e. The standard InChI is InChI=1S/C12H13F5O2/c1-18-9-5-3-8(4-6-9)10(19-2)7-11(13,14)12(15,16)17/h3-6,10H,7H2,1-2H3. The summed E-state index contributed by atoms with van der Waals surface area (Å²) in [4.78, 5) is 0. The molecule has 0 aliphatic rings. The van der Waals surface area contributed by atoms with E-state index in [2.05, 4.69) is 0 Å². The average molecular weight is 284 g/mol. The smallest absolute Gasteiger partial charge is 0.453 e. The van der Waals surface area contributed by atoms with Crippen molar-refractivity contribution in [2.45, 2.75) is 24.6 Å². The first-order chi connectivity index (χ1) is 8.71. The number of rotatable bonds is 5. The summed E-state index contributed by atoms with van der Waals surface area (Å²) in [6, 6.07) is 5.71. The van der Waals surface area contributed by atoms with Crippen LogP contribution in [0.2, 0.25) is 0 Å². The van der Waals surface area contributed by atoms with Crippen molar-refractivity contribution in [1.82, 2.24) is 0 Å². The van der Waals surface area contributed by atoms with E-state index in [0.717, 1.165) is 7.11 Å². The maximum absolute atomic E-state index is 13.0. The molecule has 0 aromatic heterocycles. The molecule has 0 spiro atoms. The van der Waals surface area contributed by atoms with Crippen molar-refractivity contribution >= 4 is 0 Å². The molecule has 0 radical (unpaired) electrons. The first-order valence-electron chi connectivity index (χ1n) is 5.32. The number of ether oxygens (including phenoxy) is 2. The number of benzene rings is 1. The molecule has 0 fully saturated rings. The fraction of sp³-hybridized carbons (Fsp3) is 0.500. The van der Waals surface area contributed by atoms with Crippen LogP contribution in [0.5, 0.6) is 5.75 Å². The SMILES string of the molecule is COc1ccc(C(CC(F)(F)C(F)(F)F)OC)cc1. The second-order valence-corrected chi connectivity index (χ2v) is 3.90. The molecule has 108 valence electrons. The van der Waals surface area contributed by atoms with Crippen LogP contribution in [0.1, 0.15) is 18.1 Å². The molecule has 0 aliphatic carbocycles. The molecule has 0 saturated carbocycles. The highest BCUT2D eigenvalue weighted by Crippen LogP contribution is 2.42. The molecule has 0 amide bonds. The average Bonchev–Trinajstić information content (AvgIpc) is 2.35. The molecule has 0 N–H and O–H groups in total. The molecule has 1 rings (SSSR count). The fourth-order valence-electron chi connectivity index (χ4n) is 1.50. The van der Waals surface area contributed by atoms with Gasteiger partial charge in [0.1, 0.15) is 5.75 Å². The molecular formula is C12H13F5O2. The first kappa shape index (κ1) is 15.7. The Kier molecular flexibility index (Phi) is 4.73. The Morgan fingerprint density at radius 1 is 1.00 bits per heavy atom. The van der Waals surface area contributed by atoms with E-state index in [0.29, 0.717) is 5.75 Å². The van der Waals surface area contributed by atoms with E-state index in [1.807, 2.05) is 0 Å². The highest BCUT2D eigenvalue weighted by atomic mass is 19.4. The van der Waals surface area contributed by atoms with Crippen LogP contribution < -0.4 is 4.74 Å². The molecule has 7 heteroatoms. The Morgan fingerprint density at radius 2 is 1.53 bits per heavy atom. The summed E-state index contributed by atoms with van der Waals surface area (Å²) in [6.07, 6.45) is -8.39. The summed E-state index contributed by atoms with van der Waals surface area (Å²) in [5.74, 6) is -4.32. The van der Waals surface area contributed by atoms with E-state index < -0.39 is 24.6 Å². The summed E-state index contributed by atoms with van der Waals surface area (Å²) in [7, 11) is 2.50. The Morgan fingerprint density at radius 3 is 1.89 bits per heavy atom. The molecule has 0 saturated heterocycles. The van der Waals surface area contributed by atoms with Gasteiger partial charge in [-0.1, -0.05) is 12.1 Å². The zero-order valence-corrected chi connectivity index (χ0v) is 10.3. The van der Waals surface area contributed by atoms with Crippen molar-refractivity contribution in [3.05, 3.63) is 29.8 Å². The highest BCUT2D eigenvalue weighted by Gasteiger charge is 2.58. The van der Waals surface area contributed by atoms with E-state index in [-0.39, 0.29) is 5.56 Å². The van der Waals surface area contributed by atoms with Gasteiger partial charge in [0.25, 0.3) is 0 Å². The van der Waals surface area contributed by atoms with E-state index in [1.54, 1.807) is 0 Å². The van der Waals surface area contributed by atoms with Crippen LogP contribution in [0.3, 0.4) is 0 Å². The van der Waals surface area contributed by atoms with Crippen molar-refractivity contribution < 1.29 is 31.4 Å². The van der Waals surface area contributed by atoms with Gasteiger partial charge in [0.2, 0.25) is 0 Å². The zero-order chi connectivity index (χ0) is 14.7. The Labute approximate surface area is 107 Å². The molecule has 0 heterocycles. The summed E-state index contributed by atoms with van der Waals surface area (Å²) < 4.78 is 71.9. The van der Waals surface area contributed by atoms with E-state index in [4.69, 9.17) is 9.47 Å². The lowest BCUT2D eigenvalue weighted by Gasteiger charge is -2.24. The van der Waals surface area contributed by atoms with Crippen LogP contribution in [0, 0.1) is 0 Å². The predicted molar refractivity (Wildman–Crippen MR) is 58.4 cm³/mol. The van der Waals surface area contributed by atoms with E-state index in [9.17, 15) is 22.0 Å². The zero-order valence-electron chi connectivity index (χ0n) is 10.3. The van der Waals surface area contributed by atoms with Gasteiger partial charge in [0, 0.05) is 7.11 Å². The van der Waals surface area contributed by atoms with Crippen molar-refractivity contribution in [1.29, 1.82) is 0 Å². The van der Waals surface area contributed by atoms with Crippen LogP contribution in [0.15, 0.2) is 24.3 Å². The lowest BCUT2D eigenvalue weighted by atomic mass is 10.0. The van der Waals surface area contributed by atoms with Gasteiger partial charge in [-0.3, -0.25) is 0 Å². The topological polar surface area (TPSA) is 18.5 Å². The third-order valence-corrected chi connectivity index (χ3v) is 2.63. The Bertz CT molecular complexity index is 400. The van der Waals surface area contributed by atoms with Crippen LogP contribution in [0.4, 0.5) is 22.0 Å². The number of halogens is 5. The van der Waals surface area contributed by atoms with Gasteiger partial charge in [-0.25, -0.2) is 0 Å². The fourth-order valence-corrected chi connectivity index (χ4v) is 1.50. The highest BCUT2D eigenvalue weighted by molar-refractivity contribution is 5.28. The van der Waals surface area contributed by atoms with Crippen molar-refractivity contribution in [3.63, 3.8) is 0 Å². The van der Waals surface area contributed by atoms with Gasteiger partial charge >= 0.3 is 12.1 Å². The van der Waals surface area contributed by atoms with Gasteiger partial charge in [-0.2, -0.15) is 22.0 Å². The third-order valence-electron chi connectivity index (χ3n) is 2.63. The molecule has 1 unspecified atom stereocenters. The van der Waals surface area contributed by atoms with Crippen molar-refractivity contribution in [2.75, 3.05) is 14.2 Å². The van der Waals surface area contributed by atoms with Crippen molar-refractivity contribution in [3.8, 4) is 5.75 Å². The minimum Gasteiger partial charge on any atom is -0.497 e. The number of alkyl halides is 5. The summed E-state index contributed by atoms with van der Waals surface area (Å²) >= 11 is 0. The lowest BCUT2D eigenvalue weighted by Crippen LogP contribution is -2.38.